The second kappa shape index (κ2) is 4.32. The highest BCUT2D eigenvalue weighted by molar-refractivity contribution is 6.58. The van der Waals surface area contributed by atoms with E-state index in [4.69, 9.17) is 10.0 Å². The number of rotatable bonds is 3. The zero-order valence-electron chi connectivity index (χ0n) is 8.46. The molecule has 2 N–H and O–H groups in total. The van der Waals surface area contributed by atoms with Gasteiger partial charge in [-0.3, -0.25) is 10.1 Å². The summed E-state index contributed by atoms with van der Waals surface area (Å²) in [6, 6.07) is 2.50. The Labute approximate surface area is 95.4 Å². The fraction of sp³-hybridized carbons (Fsp3) is 0. The minimum Gasteiger partial charge on any atom is -0.423 e. The molecule has 0 spiro atoms. The van der Waals surface area contributed by atoms with Crippen molar-refractivity contribution in [3.05, 3.63) is 40.8 Å². The average molecular weight is 234 g/mol. The lowest BCUT2D eigenvalue weighted by Crippen LogP contribution is -2.28. The standard InChI is InChI=1S/C8H7BN4O4/c14-9(15)6-4-11-12(5-6)8-3-7(13(16)17)1-2-10-8/h1-5,14-15H. The topological polar surface area (TPSA) is 114 Å². The van der Waals surface area contributed by atoms with E-state index in [-0.39, 0.29) is 17.0 Å². The summed E-state index contributed by atoms with van der Waals surface area (Å²) in [5, 5.41) is 32.2. The zero-order valence-corrected chi connectivity index (χ0v) is 8.46. The van der Waals surface area contributed by atoms with Crippen LogP contribution in [0.3, 0.4) is 0 Å². The first-order valence-corrected chi connectivity index (χ1v) is 4.59. The van der Waals surface area contributed by atoms with Gasteiger partial charge in [-0.2, -0.15) is 5.10 Å². The molecule has 0 aliphatic heterocycles. The Morgan fingerprint density at radius 2 is 2.24 bits per heavy atom. The van der Waals surface area contributed by atoms with E-state index in [2.05, 4.69) is 10.1 Å². The van der Waals surface area contributed by atoms with Gasteiger partial charge in [-0.05, 0) is 0 Å². The molecule has 0 aromatic carbocycles. The van der Waals surface area contributed by atoms with Crippen LogP contribution in [0.5, 0.6) is 0 Å². The van der Waals surface area contributed by atoms with Crippen LogP contribution >= 0.6 is 0 Å². The maximum atomic E-state index is 10.6. The van der Waals surface area contributed by atoms with Crippen LogP contribution < -0.4 is 5.46 Å². The smallest absolute Gasteiger partial charge is 0.423 e. The lowest BCUT2D eigenvalue weighted by molar-refractivity contribution is -0.384. The molecule has 9 heteroatoms. The average Bonchev–Trinajstić information content (AvgIpc) is 2.78. The van der Waals surface area contributed by atoms with Crippen molar-refractivity contribution in [2.45, 2.75) is 0 Å². The van der Waals surface area contributed by atoms with E-state index in [9.17, 15) is 10.1 Å². The van der Waals surface area contributed by atoms with Gasteiger partial charge in [0, 0.05) is 30.1 Å². The van der Waals surface area contributed by atoms with Crippen molar-refractivity contribution in [2.75, 3.05) is 0 Å². The first kappa shape index (κ1) is 11.2. The molecule has 0 radical (unpaired) electrons. The van der Waals surface area contributed by atoms with Crippen molar-refractivity contribution in [1.29, 1.82) is 0 Å². The summed E-state index contributed by atoms with van der Waals surface area (Å²) in [6.07, 6.45) is 3.85. The highest BCUT2D eigenvalue weighted by Gasteiger charge is 2.15. The van der Waals surface area contributed by atoms with Gasteiger partial charge in [-0.15, -0.1) is 0 Å². The maximum absolute atomic E-state index is 10.6. The van der Waals surface area contributed by atoms with Crippen LogP contribution in [0.1, 0.15) is 0 Å². The molecule has 2 aromatic rings. The summed E-state index contributed by atoms with van der Waals surface area (Å²) in [7, 11) is -1.64. The summed E-state index contributed by atoms with van der Waals surface area (Å²) in [5.41, 5.74) is 0.0647. The largest absolute Gasteiger partial charge is 0.491 e. The van der Waals surface area contributed by atoms with Gasteiger partial charge < -0.3 is 10.0 Å². The SMILES string of the molecule is O=[N+]([O-])c1ccnc(-n2cc(B(O)O)cn2)c1. The van der Waals surface area contributed by atoms with Gasteiger partial charge in [0.2, 0.25) is 0 Å². The Kier molecular flexibility index (Phi) is 2.85. The molecule has 17 heavy (non-hydrogen) atoms. The Balaban J connectivity index is 2.38. The van der Waals surface area contributed by atoms with E-state index in [1.165, 1.54) is 35.4 Å². The van der Waals surface area contributed by atoms with Crippen LogP contribution in [0.15, 0.2) is 30.7 Å². The predicted octanol–water partition coefficient (Wildman–Crippen LogP) is -1.14. The van der Waals surface area contributed by atoms with E-state index in [1.54, 1.807) is 0 Å². The molecule has 2 rings (SSSR count). The van der Waals surface area contributed by atoms with E-state index in [1.807, 2.05) is 0 Å². The predicted molar refractivity (Wildman–Crippen MR) is 57.8 cm³/mol. The van der Waals surface area contributed by atoms with Gasteiger partial charge in [0.05, 0.1) is 11.0 Å². The second-order valence-corrected chi connectivity index (χ2v) is 3.22. The first-order valence-electron chi connectivity index (χ1n) is 4.59. The molecule has 0 fully saturated rings. The fourth-order valence-electron chi connectivity index (χ4n) is 1.24. The van der Waals surface area contributed by atoms with Crippen LogP contribution in [-0.4, -0.2) is 36.9 Å². The van der Waals surface area contributed by atoms with Crippen LogP contribution in [0.2, 0.25) is 0 Å². The molecule has 0 amide bonds. The normalized spacial score (nSPS) is 10.2. The third-order valence-electron chi connectivity index (χ3n) is 2.08. The summed E-state index contributed by atoms with van der Waals surface area (Å²) in [5.74, 6) is 0.228. The molecule has 2 heterocycles. The van der Waals surface area contributed by atoms with E-state index in [0.717, 1.165) is 0 Å². The van der Waals surface area contributed by atoms with Crippen molar-refractivity contribution in [2.24, 2.45) is 0 Å². The Hall–Kier alpha value is -2.26. The van der Waals surface area contributed by atoms with E-state index in [0.29, 0.717) is 0 Å². The number of aromatic nitrogens is 3. The lowest BCUT2D eigenvalue weighted by Gasteiger charge is -1.99. The van der Waals surface area contributed by atoms with Gasteiger partial charge in [0.25, 0.3) is 5.69 Å². The van der Waals surface area contributed by atoms with Gasteiger partial charge in [-0.25, -0.2) is 9.67 Å². The molecular weight excluding hydrogens is 227 g/mol. The molecule has 0 aliphatic carbocycles. The molecule has 0 unspecified atom stereocenters. The molecule has 0 saturated carbocycles. The summed E-state index contributed by atoms with van der Waals surface area (Å²) < 4.78 is 1.22. The minimum atomic E-state index is -1.64. The van der Waals surface area contributed by atoms with Crippen LogP contribution in [-0.2, 0) is 0 Å². The summed E-state index contributed by atoms with van der Waals surface area (Å²) >= 11 is 0. The number of nitrogens with zero attached hydrogens (tertiary/aromatic N) is 4. The highest BCUT2D eigenvalue weighted by Crippen LogP contribution is 2.12. The molecule has 0 bridgehead atoms. The van der Waals surface area contributed by atoms with Gasteiger partial charge >= 0.3 is 7.12 Å². The molecule has 8 nitrogen and oxygen atoms in total. The van der Waals surface area contributed by atoms with Crippen molar-refractivity contribution in [3.63, 3.8) is 0 Å². The van der Waals surface area contributed by atoms with Crippen molar-refractivity contribution in [1.82, 2.24) is 14.8 Å². The quantitative estimate of drug-likeness (QED) is 0.394. The third-order valence-corrected chi connectivity index (χ3v) is 2.08. The summed E-state index contributed by atoms with van der Waals surface area (Å²) in [6.45, 7) is 0. The van der Waals surface area contributed by atoms with Crippen LogP contribution in [0.25, 0.3) is 5.82 Å². The molecule has 0 atom stereocenters. The van der Waals surface area contributed by atoms with Gasteiger partial charge in [0.15, 0.2) is 5.82 Å². The van der Waals surface area contributed by atoms with Crippen LogP contribution in [0, 0.1) is 10.1 Å². The number of nitro groups is 1. The zero-order chi connectivity index (χ0) is 12.4. The minimum absolute atomic E-state index is 0.114. The third kappa shape index (κ3) is 2.29. The summed E-state index contributed by atoms with van der Waals surface area (Å²) in [4.78, 5) is 13.9. The van der Waals surface area contributed by atoms with E-state index < -0.39 is 12.0 Å². The Morgan fingerprint density at radius 1 is 1.47 bits per heavy atom. The monoisotopic (exact) mass is 234 g/mol. The van der Waals surface area contributed by atoms with Gasteiger partial charge in [-0.1, -0.05) is 0 Å². The van der Waals surface area contributed by atoms with Crippen LogP contribution in [0.4, 0.5) is 5.69 Å². The molecule has 0 saturated heterocycles. The first-order chi connectivity index (χ1) is 8.08. The second-order valence-electron chi connectivity index (χ2n) is 3.22. The maximum Gasteiger partial charge on any atom is 0.491 e. The van der Waals surface area contributed by atoms with E-state index >= 15 is 0 Å². The molecule has 86 valence electrons. The van der Waals surface area contributed by atoms with Crippen molar-refractivity contribution < 1.29 is 15.0 Å². The number of hydrogen-bond donors (Lipinski definition) is 2. The highest BCUT2D eigenvalue weighted by atomic mass is 16.6. The Bertz CT molecular complexity index is 556. The van der Waals surface area contributed by atoms with Crippen molar-refractivity contribution in [3.8, 4) is 5.82 Å². The lowest BCUT2D eigenvalue weighted by atomic mass is 9.83. The molecular formula is C8H7BN4O4. The molecule has 2 aromatic heterocycles. The van der Waals surface area contributed by atoms with Gasteiger partial charge in [0.1, 0.15) is 0 Å². The fourth-order valence-corrected chi connectivity index (χ4v) is 1.24. The number of hydrogen-bond acceptors (Lipinski definition) is 6. The van der Waals surface area contributed by atoms with Crippen molar-refractivity contribution >= 4 is 18.3 Å². The molecule has 0 aliphatic rings. The Morgan fingerprint density at radius 3 is 2.82 bits per heavy atom. The number of pyridine rings is 1.